The summed E-state index contributed by atoms with van der Waals surface area (Å²) >= 11 is 5.79. The molecule has 0 saturated heterocycles. The Labute approximate surface area is 157 Å². The lowest BCUT2D eigenvalue weighted by Crippen LogP contribution is -2.31. The molecule has 0 aliphatic heterocycles. The monoisotopic (exact) mass is 398 g/mol. The zero-order valence-electron chi connectivity index (χ0n) is 14.0. The summed E-state index contributed by atoms with van der Waals surface area (Å²) in [6.07, 6.45) is 0. The van der Waals surface area contributed by atoms with Gasteiger partial charge in [0, 0.05) is 17.3 Å². The van der Waals surface area contributed by atoms with Crippen LogP contribution in [0.2, 0.25) is 5.02 Å². The molecule has 0 aromatic heterocycles. The van der Waals surface area contributed by atoms with E-state index in [0.29, 0.717) is 22.0 Å². The molecule has 0 aliphatic rings. The van der Waals surface area contributed by atoms with E-state index in [9.17, 15) is 13.2 Å². The van der Waals surface area contributed by atoms with Gasteiger partial charge in [0.05, 0.1) is 11.5 Å². The quantitative estimate of drug-likeness (QED) is 0.630. The molecule has 3 N–H and O–H groups in total. The number of carbonyl (C=O) groups excluding carboxylic acids is 1. The highest BCUT2D eigenvalue weighted by Crippen LogP contribution is 2.24. The maximum absolute atomic E-state index is 12.5. The van der Waals surface area contributed by atoms with Gasteiger partial charge in [-0.15, -0.1) is 0 Å². The summed E-state index contributed by atoms with van der Waals surface area (Å²) in [4.78, 5) is 11.5. The van der Waals surface area contributed by atoms with Gasteiger partial charge in [-0.25, -0.2) is 8.42 Å². The third-order valence-electron chi connectivity index (χ3n) is 3.35. The molecule has 7 nitrogen and oxygen atoms in total. The van der Waals surface area contributed by atoms with Crippen molar-refractivity contribution in [3.8, 4) is 5.75 Å². The van der Waals surface area contributed by atoms with Crippen LogP contribution in [0.4, 0.5) is 5.69 Å². The fourth-order valence-electron chi connectivity index (χ4n) is 2.07. The highest BCUT2D eigenvalue weighted by atomic mass is 35.5. The first-order valence-electron chi connectivity index (χ1n) is 7.71. The Balaban J connectivity index is 2.07. The van der Waals surface area contributed by atoms with Gasteiger partial charge >= 0.3 is 0 Å². The molecule has 140 valence electrons. The second kappa shape index (κ2) is 8.88. The number of rotatable bonds is 8. The van der Waals surface area contributed by atoms with Crippen molar-refractivity contribution in [1.29, 1.82) is 0 Å². The number of aryl methyl sites for hydroxylation is 1. The molecule has 2 rings (SSSR count). The molecule has 0 spiro atoms. The number of halogens is 1. The lowest BCUT2D eigenvalue weighted by molar-refractivity contribution is -0.123. The zero-order valence-corrected chi connectivity index (χ0v) is 15.6. The Kier molecular flexibility index (Phi) is 6.84. The van der Waals surface area contributed by atoms with Crippen LogP contribution in [0.5, 0.6) is 5.75 Å². The molecule has 1 amide bonds. The smallest absolute Gasteiger partial charge is 0.261 e. The van der Waals surface area contributed by atoms with E-state index in [2.05, 4.69) is 10.0 Å². The van der Waals surface area contributed by atoms with Crippen LogP contribution in [-0.2, 0) is 14.8 Å². The highest BCUT2D eigenvalue weighted by molar-refractivity contribution is 7.92. The number of hydrogen-bond donors (Lipinski definition) is 3. The molecule has 2 aromatic carbocycles. The number of amides is 1. The fraction of sp³-hybridized carbons (Fsp3) is 0.235. The molecule has 0 bridgehead atoms. The van der Waals surface area contributed by atoms with E-state index in [0.717, 1.165) is 0 Å². The number of aliphatic hydroxyl groups is 1. The summed E-state index contributed by atoms with van der Waals surface area (Å²) in [7, 11) is -3.76. The summed E-state index contributed by atoms with van der Waals surface area (Å²) in [6, 6.07) is 10.6. The lowest BCUT2D eigenvalue weighted by atomic mass is 10.2. The van der Waals surface area contributed by atoms with Crippen LogP contribution in [0.3, 0.4) is 0 Å². The third kappa shape index (κ3) is 5.62. The predicted molar refractivity (Wildman–Crippen MR) is 99.0 cm³/mol. The summed E-state index contributed by atoms with van der Waals surface area (Å²) < 4.78 is 32.8. The topological polar surface area (TPSA) is 105 Å². The maximum Gasteiger partial charge on any atom is 0.261 e. The van der Waals surface area contributed by atoms with E-state index < -0.39 is 10.0 Å². The minimum absolute atomic E-state index is 0.0713. The van der Waals surface area contributed by atoms with E-state index in [1.165, 1.54) is 18.2 Å². The number of aliphatic hydroxyl groups excluding tert-OH is 1. The van der Waals surface area contributed by atoms with Crippen molar-refractivity contribution in [3.63, 3.8) is 0 Å². The molecule has 0 aliphatic carbocycles. The van der Waals surface area contributed by atoms with Crippen molar-refractivity contribution in [2.45, 2.75) is 11.8 Å². The van der Waals surface area contributed by atoms with Crippen LogP contribution in [-0.4, -0.2) is 39.2 Å². The van der Waals surface area contributed by atoms with Crippen molar-refractivity contribution >= 4 is 33.2 Å². The molecular formula is C17H19ClN2O5S. The highest BCUT2D eigenvalue weighted by Gasteiger charge is 2.16. The van der Waals surface area contributed by atoms with Crippen molar-refractivity contribution in [3.05, 3.63) is 53.1 Å². The number of nitrogens with one attached hydrogen (secondary N) is 2. The van der Waals surface area contributed by atoms with E-state index in [1.807, 2.05) is 0 Å². The van der Waals surface area contributed by atoms with Crippen molar-refractivity contribution in [1.82, 2.24) is 5.32 Å². The third-order valence-corrected chi connectivity index (χ3v) is 4.98. The van der Waals surface area contributed by atoms with Gasteiger partial charge in [0.25, 0.3) is 15.9 Å². The van der Waals surface area contributed by atoms with Crippen molar-refractivity contribution < 1.29 is 23.1 Å². The maximum atomic E-state index is 12.5. The first kappa shape index (κ1) is 20.0. The summed E-state index contributed by atoms with van der Waals surface area (Å²) in [5.41, 5.74) is 0.965. The van der Waals surface area contributed by atoms with E-state index >= 15 is 0 Å². The van der Waals surface area contributed by atoms with E-state index in [1.54, 1.807) is 31.2 Å². The average Bonchev–Trinajstić information content (AvgIpc) is 2.60. The predicted octanol–water partition coefficient (Wildman–Crippen LogP) is 1.94. The first-order valence-corrected chi connectivity index (χ1v) is 9.57. The lowest BCUT2D eigenvalue weighted by Gasteiger charge is -2.12. The standard InChI is InChI=1S/C17H19ClN2O5S/c1-12-10-15(6-7-16(12)25-11-17(22)19-8-9-21)26(23,24)20-14-4-2-13(18)3-5-14/h2-7,10,20-21H,8-9,11H2,1H3,(H,19,22). The molecule has 26 heavy (non-hydrogen) atoms. The van der Waals surface area contributed by atoms with Gasteiger partial charge in [-0.05, 0) is 55.0 Å². The van der Waals surface area contributed by atoms with Gasteiger partial charge in [-0.3, -0.25) is 9.52 Å². The SMILES string of the molecule is Cc1cc(S(=O)(=O)Nc2ccc(Cl)cc2)ccc1OCC(=O)NCCO. The van der Waals surface area contributed by atoms with Crippen molar-refractivity contribution in [2.24, 2.45) is 0 Å². The van der Waals surface area contributed by atoms with Crippen molar-refractivity contribution in [2.75, 3.05) is 24.5 Å². The fourth-order valence-corrected chi connectivity index (χ4v) is 3.34. The molecule has 0 atom stereocenters. The van der Waals surface area contributed by atoms with Gasteiger partial charge < -0.3 is 15.2 Å². The number of sulfonamides is 1. The number of hydrogen-bond acceptors (Lipinski definition) is 5. The van der Waals surface area contributed by atoms with Crippen LogP contribution in [0.1, 0.15) is 5.56 Å². The van der Waals surface area contributed by atoms with Crippen LogP contribution in [0.25, 0.3) is 0 Å². The second-order valence-corrected chi connectivity index (χ2v) is 7.52. The molecule has 0 fully saturated rings. The zero-order chi connectivity index (χ0) is 19.2. The molecule has 9 heteroatoms. The number of benzene rings is 2. The van der Waals surface area contributed by atoms with E-state index in [-0.39, 0.29) is 30.6 Å². The van der Waals surface area contributed by atoms with Gasteiger partial charge in [-0.2, -0.15) is 0 Å². The van der Waals surface area contributed by atoms with Gasteiger partial charge in [0.15, 0.2) is 6.61 Å². The summed E-state index contributed by atoms with van der Waals surface area (Å²) in [5.74, 6) is 0.0224. The van der Waals surface area contributed by atoms with Gasteiger partial charge in [0.1, 0.15) is 5.75 Å². The largest absolute Gasteiger partial charge is 0.484 e. The normalized spacial score (nSPS) is 11.0. The van der Waals surface area contributed by atoms with Crippen LogP contribution < -0.4 is 14.8 Å². The second-order valence-electron chi connectivity index (χ2n) is 5.40. The minimum atomic E-state index is -3.76. The molecule has 0 radical (unpaired) electrons. The van der Waals surface area contributed by atoms with Crippen LogP contribution >= 0.6 is 11.6 Å². The number of ether oxygens (including phenoxy) is 1. The molecule has 2 aromatic rings. The number of carbonyl (C=O) groups is 1. The Morgan fingerprint density at radius 3 is 2.50 bits per heavy atom. The Morgan fingerprint density at radius 2 is 1.88 bits per heavy atom. The first-order chi connectivity index (χ1) is 12.3. The van der Waals surface area contributed by atoms with Gasteiger partial charge in [-0.1, -0.05) is 11.6 Å². The van der Waals surface area contributed by atoms with E-state index in [4.69, 9.17) is 21.4 Å². The Bertz CT molecular complexity index is 869. The molecule has 0 saturated carbocycles. The molecular weight excluding hydrogens is 380 g/mol. The molecule has 0 heterocycles. The van der Waals surface area contributed by atoms with Crippen LogP contribution in [0, 0.1) is 6.92 Å². The Morgan fingerprint density at radius 1 is 1.19 bits per heavy atom. The minimum Gasteiger partial charge on any atom is -0.484 e. The summed E-state index contributed by atoms with van der Waals surface area (Å²) in [6.45, 7) is 1.45. The average molecular weight is 399 g/mol. The van der Waals surface area contributed by atoms with Gasteiger partial charge in [0.2, 0.25) is 0 Å². The molecule has 0 unspecified atom stereocenters. The van der Waals surface area contributed by atoms with Crippen LogP contribution in [0.15, 0.2) is 47.4 Å². The summed E-state index contributed by atoms with van der Waals surface area (Å²) in [5, 5.41) is 11.6. The number of anilines is 1. The Hall–Kier alpha value is -2.29.